The van der Waals surface area contributed by atoms with Crippen LogP contribution in [0.2, 0.25) is 0 Å². The van der Waals surface area contributed by atoms with E-state index in [0.717, 1.165) is 38.7 Å². The monoisotopic (exact) mass is 251 g/mol. The van der Waals surface area contributed by atoms with Gasteiger partial charge in [-0.3, -0.25) is 0 Å². The van der Waals surface area contributed by atoms with Crippen molar-refractivity contribution in [1.82, 2.24) is 4.98 Å². The predicted octanol–water partition coefficient (Wildman–Crippen LogP) is 3.63. The molecule has 19 heavy (non-hydrogen) atoms. The number of aromatic nitrogens is 1. The quantitative estimate of drug-likeness (QED) is 0.513. The van der Waals surface area contributed by atoms with Crippen molar-refractivity contribution in [2.45, 2.75) is 13.8 Å². The first-order valence-electron chi connectivity index (χ1n) is 6.38. The predicted molar refractivity (Wildman–Crippen MR) is 82.7 cm³/mol. The summed E-state index contributed by atoms with van der Waals surface area (Å²) in [6.07, 6.45) is 0. The van der Waals surface area contributed by atoms with Crippen molar-refractivity contribution in [3.05, 3.63) is 41.5 Å². The van der Waals surface area contributed by atoms with Gasteiger partial charge >= 0.3 is 0 Å². The lowest BCUT2D eigenvalue weighted by Crippen LogP contribution is -1.96. The Kier molecular flexibility index (Phi) is 2.56. The van der Waals surface area contributed by atoms with Crippen molar-refractivity contribution in [2.24, 2.45) is 0 Å². The Morgan fingerprint density at radius 1 is 0.947 bits per heavy atom. The summed E-state index contributed by atoms with van der Waals surface area (Å²) in [7, 11) is 1.93. The molecule has 0 bridgehead atoms. The van der Waals surface area contributed by atoms with E-state index in [0.29, 0.717) is 0 Å². The van der Waals surface area contributed by atoms with E-state index in [4.69, 9.17) is 10.7 Å². The average Bonchev–Trinajstić information content (AvgIpc) is 2.42. The van der Waals surface area contributed by atoms with Gasteiger partial charge in [-0.15, -0.1) is 0 Å². The molecule has 3 aromatic rings. The Morgan fingerprint density at radius 2 is 1.58 bits per heavy atom. The number of nitrogens with two attached hydrogens (primary N) is 1. The minimum Gasteiger partial charge on any atom is -0.398 e. The van der Waals surface area contributed by atoms with Crippen LogP contribution in [0.4, 0.5) is 11.4 Å². The van der Waals surface area contributed by atoms with Crippen LogP contribution in [0.3, 0.4) is 0 Å². The molecule has 1 aromatic heterocycles. The lowest BCUT2D eigenvalue weighted by Gasteiger charge is -2.11. The summed E-state index contributed by atoms with van der Waals surface area (Å²) in [6, 6.07) is 10.4. The number of benzene rings is 2. The summed E-state index contributed by atoms with van der Waals surface area (Å²) in [5.74, 6) is 0. The van der Waals surface area contributed by atoms with Crippen molar-refractivity contribution in [3.63, 3.8) is 0 Å². The van der Waals surface area contributed by atoms with Gasteiger partial charge in [-0.25, -0.2) is 4.98 Å². The second-order valence-corrected chi connectivity index (χ2v) is 4.90. The summed E-state index contributed by atoms with van der Waals surface area (Å²) in [5.41, 5.74) is 12.1. The number of nitrogens with one attached hydrogen (secondary N) is 1. The van der Waals surface area contributed by atoms with Crippen LogP contribution < -0.4 is 11.1 Å². The van der Waals surface area contributed by atoms with Gasteiger partial charge in [0.05, 0.1) is 11.0 Å². The van der Waals surface area contributed by atoms with Gasteiger partial charge in [0.15, 0.2) is 0 Å². The molecule has 0 atom stereocenters. The number of nitrogen functional groups attached to an aromatic ring is 1. The lowest BCUT2D eigenvalue weighted by atomic mass is 10.0. The molecule has 0 unspecified atom stereocenters. The molecule has 0 aliphatic rings. The summed E-state index contributed by atoms with van der Waals surface area (Å²) in [4.78, 5) is 4.83. The Bertz CT molecular complexity index is 791. The average molecular weight is 251 g/mol. The Labute approximate surface area is 112 Å². The number of hydrogen-bond donors (Lipinski definition) is 2. The molecule has 0 amide bonds. The van der Waals surface area contributed by atoms with Gasteiger partial charge < -0.3 is 11.1 Å². The molecule has 96 valence electrons. The lowest BCUT2D eigenvalue weighted by molar-refractivity contribution is 1.37. The highest BCUT2D eigenvalue weighted by molar-refractivity contribution is 5.98. The Balaban J connectivity index is 2.46. The molecule has 0 spiro atoms. The normalized spacial score (nSPS) is 11.1. The van der Waals surface area contributed by atoms with Crippen LogP contribution in [0.25, 0.3) is 21.8 Å². The first-order chi connectivity index (χ1) is 9.11. The molecule has 3 N–H and O–H groups in total. The standard InChI is InChI=1S/C16H17N3/c1-9-13(17)6-4-11-8-12-5-7-14(18-3)10(2)16(12)19-15(9)11/h4-8,18H,17H2,1-3H3. The number of hydrogen-bond acceptors (Lipinski definition) is 3. The largest absolute Gasteiger partial charge is 0.398 e. The minimum absolute atomic E-state index is 0.793. The maximum absolute atomic E-state index is 5.97. The zero-order valence-corrected chi connectivity index (χ0v) is 11.4. The summed E-state index contributed by atoms with van der Waals surface area (Å²) in [5, 5.41) is 5.49. The fourth-order valence-electron chi connectivity index (χ4n) is 2.54. The minimum atomic E-state index is 0.793. The third-order valence-electron chi connectivity index (χ3n) is 3.77. The van der Waals surface area contributed by atoms with Gasteiger partial charge in [0.2, 0.25) is 0 Å². The van der Waals surface area contributed by atoms with Crippen LogP contribution >= 0.6 is 0 Å². The van der Waals surface area contributed by atoms with Gasteiger partial charge in [0.1, 0.15) is 0 Å². The van der Waals surface area contributed by atoms with E-state index in [1.165, 1.54) is 5.56 Å². The molecule has 0 aliphatic carbocycles. The van der Waals surface area contributed by atoms with Crippen LogP contribution in [0.1, 0.15) is 11.1 Å². The molecular formula is C16H17N3. The van der Waals surface area contributed by atoms with Gasteiger partial charge in [0.25, 0.3) is 0 Å². The van der Waals surface area contributed by atoms with Crippen molar-refractivity contribution in [2.75, 3.05) is 18.1 Å². The van der Waals surface area contributed by atoms with Crippen LogP contribution in [-0.2, 0) is 0 Å². The first kappa shape index (κ1) is 11.8. The smallest absolute Gasteiger partial charge is 0.0759 e. The van der Waals surface area contributed by atoms with Crippen LogP contribution in [-0.4, -0.2) is 12.0 Å². The molecule has 3 rings (SSSR count). The maximum Gasteiger partial charge on any atom is 0.0759 e. The number of fused-ring (bicyclic) bond motifs is 2. The molecule has 3 nitrogen and oxygen atoms in total. The molecular weight excluding hydrogens is 234 g/mol. The van der Waals surface area contributed by atoms with Crippen molar-refractivity contribution < 1.29 is 0 Å². The summed E-state index contributed by atoms with van der Waals surface area (Å²) >= 11 is 0. The topological polar surface area (TPSA) is 50.9 Å². The van der Waals surface area contributed by atoms with Crippen LogP contribution in [0.15, 0.2) is 30.3 Å². The summed E-state index contributed by atoms with van der Waals surface area (Å²) in [6.45, 7) is 4.11. The molecule has 0 fully saturated rings. The van der Waals surface area contributed by atoms with E-state index in [-0.39, 0.29) is 0 Å². The van der Waals surface area contributed by atoms with Crippen LogP contribution in [0.5, 0.6) is 0 Å². The van der Waals surface area contributed by atoms with Crippen molar-refractivity contribution in [1.29, 1.82) is 0 Å². The fourth-order valence-corrected chi connectivity index (χ4v) is 2.54. The fraction of sp³-hybridized carbons (Fsp3) is 0.188. The molecule has 3 heteroatoms. The second-order valence-electron chi connectivity index (χ2n) is 4.90. The molecule has 1 heterocycles. The van der Waals surface area contributed by atoms with Gasteiger partial charge in [-0.2, -0.15) is 0 Å². The SMILES string of the molecule is CNc1ccc2cc3ccc(N)c(C)c3nc2c1C. The number of rotatable bonds is 1. The van der Waals surface area contributed by atoms with Crippen molar-refractivity contribution >= 4 is 33.2 Å². The first-order valence-corrected chi connectivity index (χ1v) is 6.38. The zero-order valence-electron chi connectivity index (χ0n) is 11.4. The van der Waals surface area contributed by atoms with Gasteiger partial charge in [0, 0.05) is 29.2 Å². The maximum atomic E-state index is 5.97. The number of anilines is 2. The van der Waals surface area contributed by atoms with E-state index in [9.17, 15) is 0 Å². The molecule has 0 saturated carbocycles. The van der Waals surface area contributed by atoms with Gasteiger partial charge in [-0.05, 0) is 43.2 Å². The van der Waals surface area contributed by atoms with E-state index in [1.807, 2.05) is 26.1 Å². The number of nitrogens with zero attached hydrogens (tertiary/aromatic N) is 1. The number of pyridine rings is 1. The van der Waals surface area contributed by atoms with Crippen LogP contribution in [0, 0.1) is 13.8 Å². The molecule has 0 radical (unpaired) electrons. The summed E-state index contributed by atoms with van der Waals surface area (Å²) < 4.78 is 0. The highest BCUT2D eigenvalue weighted by Gasteiger charge is 2.08. The molecule has 0 aliphatic heterocycles. The van der Waals surface area contributed by atoms with E-state index in [1.54, 1.807) is 0 Å². The van der Waals surface area contributed by atoms with Gasteiger partial charge in [-0.1, -0.05) is 12.1 Å². The highest BCUT2D eigenvalue weighted by Crippen LogP contribution is 2.29. The zero-order chi connectivity index (χ0) is 13.6. The van der Waals surface area contributed by atoms with E-state index < -0.39 is 0 Å². The molecule has 0 saturated heterocycles. The highest BCUT2D eigenvalue weighted by atomic mass is 14.8. The van der Waals surface area contributed by atoms with E-state index in [2.05, 4.69) is 30.4 Å². The van der Waals surface area contributed by atoms with E-state index >= 15 is 0 Å². The number of aryl methyl sites for hydroxylation is 2. The Morgan fingerprint density at radius 3 is 2.26 bits per heavy atom. The third kappa shape index (κ3) is 1.70. The molecule has 2 aromatic carbocycles. The Hall–Kier alpha value is -2.29. The third-order valence-corrected chi connectivity index (χ3v) is 3.77. The van der Waals surface area contributed by atoms with Crippen molar-refractivity contribution in [3.8, 4) is 0 Å². The second kappa shape index (κ2) is 4.12.